The van der Waals surface area contributed by atoms with E-state index in [9.17, 15) is 0 Å². The standard InChI is InChI=1S/C24H42O/c1-3-5-7-8-20-25-24-18-16-23(17-19-24)15-14-22-12-10-21(11-13-22)9-6-4-2/h4,8,20-24H,2-3,5-7,9-19H2,1H3. The summed E-state index contributed by atoms with van der Waals surface area (Å²) in [7, 11) is 0. The number of hydrogen-bond acceptors (Lipinski definition) is 1. The molecule has 2 fully saturated rings. The van der Waals surface area contributed by atoms with Crippen molar-refractivity contribution in [3.63, 3.8) is 0 Å². The van der Waals surface area contributed by atoms with E-state index >= 15 is 0 Å². The molecule has 0 aliphatic heterocycles. The second kappa shape index (κ2) is 12.6. The minimum Gasteiger partial charge on any atom is -0.498 e. The molecule has 0 spiro atoms. The lowest BCUT2D eigenvalue weighted by atomic mass is 9.76. The highest BCUT2D eigenvalue weighted by molar-refractivity contribution is 4.80. The van der Waals surface area contributed by atoms with Gasteiger partial charge in [0.05, 0.1) is 12.4 Å². The molecule has 0 aromatic carbocycles. The van der Waals surface area contributed by atoms with Crippen molar-refractivity contribution >= 4 is 0 Å². The fourth-order valence-electron chi connectivity index (χ4n) is 4.75. The van der Waals surface area contributed by atoms with Crippen LogP contribution in [0.1, 0.15) is 103 Å². The van der Waals surface area contributed by atoms with Gasteiger partial charge in [0.2, 0.25) is 0 Å². The van der Waals surface area contributed by atoms with Crippen molar-refractivity contribution in [3.05, 3.63) is 25.0 Å². The molecule has 2 aliphatic rings. The van der Waals surface area contributed by atoms with Crippen molar-refractivity contribution < 1.29 is 4.74 Å². The smallest absolute Gasteiger partial charge is 0.0978 e. The van der Waals surface area contributed by atoms with E-state index in [2.05, 4.69) is 25.7 Å². The summed E-state index contributed by atoms with van der Waals surface area (Å²) in [5, 5.41) is 0. The number of hydrogen-bond donors (Lipinski definition) is 0. The van der Waals surface area contributed by atoms with Gasteiger partial charge in [-0.2, -0.15) is 0 Å². The van der Waals surface area contributed by atoms with Crippen molar-refractivity contribution in [1.82, 2.24) is 0 Å². The molecule has 2 saturated carbocycles. The Bertz CT molecular complexity index is 356. The highest BCUT2D eigenvalue weighted by Crippen LogP contribution is 2.37. The lowest BCUT2D eigenvalue weighted by Crippen LogP contribution is -2.21. The fourth-order valence-corrected chi connectivity index (χ4v) is 4.75. The summed E-state index contributed by atoms with van der Waals surface area (Å²) in [6.07, 6.45) is 27.3. The van der Waals surface area contributed by atoms with Gasteiger partial charge in [0, 0.05) is 0 Å². The van der Waals surface area contributed by atoms with Gasteiger partial charge < -0.3 is 4.74 Å². The van der Waals surface area contributed by atoms with Gasteiger partial charge in [-0.3, -0.25) is 0 Å². The average molecular weight is 347 g/mol. The third kappa shape index (κ3) is 8.47. The molecule has 0 N–H and O–H groups in total. The summed E-state index contributed by atoms with van der Waals surface area (Å²) in [5.74, 6) is 2.99. The Morgan fingerprint density at radius 3 is 1.92 bits per heavy atom. The number of rotatable bonds is 11. The molecule has 0 saturated heterocycles. The topological polar surface area (TPSA) is 9.23 Å². The molecule has 0 heterocycles. The second-order valence-electron chi connectivity index (χ2n) is 8.62. The summed E-state index contributed by atoms with van der Waals surface area (Å²) < 4.78 is 5.93. The van der Waals surface area contributed by atoms with Gasteiger partial charge in [-0.05, 0) is 75.2 Å². The Labute approximate surface area is 157 Å². The van der Waals surface area contributed by atoms with Crippen molar-refractivity contribution in [1.29, 1.82) is 0 Å². The van der Waals surface area contributed by atoms with E-state index in [4.69, 9.17) is 4.74 Å². The third-order valence-corrected chi connectivity index (χ3v) is 6.61. The Morgan fingerprint density at radius 1 is 0.800 bits per heavy atom. The molecule has 0 unspecified atom stereocenters. The molecule has 144 valence electrons. The minimum absolute atomic E-state index is 0.495. The maximum atomic E-state index is 5.93. The zero-order valence-electron chi connectivity index (χ0n) is 16.8. The molecule has 0 aromatic rings. The first-order chi connectivity index (χ1) is 12.3. The number of unbranched alkanes of at least 4 members (excludes halogenated alkanes) is 2. The summed E-state index contributed by atoms with van der Waals surface area (Å²) in [6, 6.07) is 0. The maximum absolute atomic E-state index is 5.93. The van der Waals surface area contributed by atoms with E-state index in [1.165, 1.54) is 96.3 Å². The van der Waals surface area contributed by atoms with E-state index in [1.54, 1.807) is 0 Å². The molecular weight excluding hydrogens is 304 g/mol. The van der Waals surface area contributed by atoms with E-state index in [-0.39, 0.29) is 0 Å². The Morgan fingerprint density at radius 2 is 1.36 bits per heavy atom. The first-order valence-electron chi connectivity index (χ1n) is 11.2. The lowest BCUT2D eigenvalue weighted by Gasteiger charge is -2.31. The molecule has 2 rings (SSSR count). The Hall–Kier alpha value is -0.720. The molecule has 2 aliphatic carbocycles. The molecule has 0 atom stereocenters. The molecular formula is C24H42O. The van der Waals surface area contributed by atoms with Gasteiger partial charge in [-0.1, -0.05) is 57.9 Å². The van der Waals surface area contributed by atoms with Gasteiger partial charge >= 0.3 is 0 Å². The van der Waals surface area contributed by atoms with E-state index < -0.39 is 0 Å². The average Bonchev–Trinajstić information content (AvgIpc) is 2.66. The van der Waals surface area contributed by atoms with Gasteiger partial charge in [-0.25, -0.2) is 0 Å². The highest BCUT2D eigenvalue weighted by Gasteiger charge is 2.24. The minimum atomic E-state index is 0.495. The fraction of sp³-hybridized carbons (Fsp3) is 0.833. The van der Waals surface area contributed by atoms with Crippen molar-refractivity contribution in [2.24, 2.45) is 17.8 Å². The van der Waals surface area contributed by atoms with Crippen LogP contribution in [0.5, 0.6) is 0 Å². The van der Waals surface area contributed by atoms with Gasteiger partial charge in [0.15, 0.2) is 0 Å². The Balaban J connectivity index is 1.51. The molecule has 0 radical (unpaired) electrons. The van der Waals surface area contributed by atoms with E-state index in [0.717, 1.165) is 17.8 Å². The van der Waals surface area contributed by atoms with Crippen LogP contribution in [0.4, 0.5) is 0 Å². The summed E-state index contributed by atoms with van der Waals surface area (Å²) in [6.45, 7) is 6.10. The normalized spacial score (nSPS) is 30.4. The van der Waals surface area contributed by atoms with Crippen LogP contribution in [0, 0.1) is 17.8 Å². The SMILES string of the molecule is C=CCCC1CCC(CCC2CCC(OC=CCCCC)CC2)CC1. The zero-order valence-corrected chi connectivity index (χ0v) is 16.8. The van der Waals surface area contributed by atoms with Gasteiger partial charge in [0.25, 0.3) is 0 Å². The van der Waals surface area contributed by atoms with Crippen LogP contribution in [0.15, 0.2) is 25.0 Å². The predicted molar refractivity (Wildman–Crippen MR) is 110 cm³/mol. The van der Waals surface area contributed by atoms with Crippen LogP contribution < -0.4 is 0 Å². The molecule has 1 nitrogen and oxygen atoms in total. The molecule has 1 heteroatoms. The van der Waals surface area contributed by atoms with Crippen LogP contribution in [0.25, 0.3) is 0 Å². The van der Waals surface area contributed by atoms with Crippen molar-refractivity contribution in [3.8, 4) is 0 Å². The summed E-state index contributed by atoms with van der Waals surface area (Å²) in [5.41, 5.74) is 0. The van der Waals surface area contributed by atoms with Crippen molar-refractivity contribution in [2.45, 2.75) is 109 Å². The second-order valence-corrected chi connectivity index (χ2v) is 8.62. The van der Waals surface area contributed by atoms with E-state index in [0.29, 0.717) is 6.10 Å². The van der Waals surface area contributed by atoms with Crippen LogP contribution >= 0.6 is 0 Å². The quantitative estimate of drug-likeness (QED) is 0.210. The first kappa shape index (κ1) is 20.6. The van der Waals surface area contributed by atoms with Gasteiger partial charge in [-0.15, -0.1) is 6.58 Å². The first-order valence-corrected chi connectivity index (χ1v) is 11.2. The molecule has 0 amide bonds. The molecule has 0 bridgehead atoms. The maximum Gasteiger partial charge on any atom is 0.0978 e. The van der Waals surface area contributed by atoms with E-state index in [1.807, 2.05) is 6.26 Å². The zero-order chi connectivity index (χ0) is 17.7. The molecule has 25 heavy (non-hydrogen) atoms. The Kier molecular flexibility index (Phi) is 10.4. The number of ether oxygens (including phenoxy) is 1. The monoisotopic (exact) mass is 346 g/mol. The lowest BCUT2D eigenvalue weighted by molar-refractivity contribution is 0.0836. The van der Waals surface area contributed by atoms with Crippen LogP contribution in [0.3, 0.4) is 0 Å². The highest BCUT2D eigenvalue weighted by atomic mass is 16.5. The van der Waals surface area contributed by atoms with Crippen LogP contribution in [-0.4, -0.2) is 6.10 Å². The van der Waals surface area contributed by atoms with Gasteiger partial charge in [0.1, 0.15) is 0 Å². The van der Waals surface area contributed by atoms with Crippen LogP contribution in [0.2, 0.25) is 0 Å². The summed E-state index contributed by atoms with van der Waals surface area (Å²) in [4.78, 5) is 0. The predicted octanol–water partition coefficient (Wildman–Crippen LogP) is 7.82. The van der Waals surface area contributed by atoms with Crippen molar-refractivity contribution in [2.75, 3.05) is 0 Å². The summed E-state index contributed by atoms with van der Waals surface area (Å²) >= 11 is 0. The largest absolute Gasteiger partial charge is 0.498 e. The number of allylic oxidation sites excluding steroid dienone is 2. The molecule has 0 aromatic heterocycles. The third-order valence-electron chi connectivity index (χ3n) is 6.61. The van der Waals surface area contributed by atoms with Crippen LogP contribution in [-0.2, 0) is 4.74 Å².